The molecule has 0 atom stereocenters. The van der Waals surface area contributed by atoms with Crippen LogP contribution < -0.4 is 4.90 Å². The van der Waals surface area contributed by atoms with Crippen molar-refractivity contribution in [3.63, 3.8) is 0 Å². The number of hydrogen-bond donors (Lipinski definition) is 1. The minimum absolute atomic E-state index is 0.0259. The van der Waals surface area contributed by atoms with E-state index in [0.717, 1.165) is 12.1 Å². The zero-order valence-electron chi connectivity index (χ0n) is 10.7. The van der Waals surface area contributed by atoms with Crippen molar-refractivity contribution in [3.05, 3.63) is 53.3 Å². The second-order valence-corrected chi connectivity index (χ2v) is 4.39. The molecule has 18 heavy (non-hydrogen) atoms. The van der Waals surface area contributed by atoms with Gasteiger partial charge in [0.15, 0.2) is 0 Å². The van der Waals surface area contributed by atoms with E-state index < -0.39 is 0 Å². The predicted molar refractivity (Wildman–Crippen MR) is 71.2 cm³/mol. The third-order valence-corrected chi connectivity index (χ3v) is 2.72. The Morgan fingerprint density at radius 2 is 1.89 bits per heavy atom. The maximum atomic E-state index is 8.94. The molecule has 2 aromatic rings. The first-order chi connectivity index (χ1) is 8.69. The van der Waals surface area contributed by atoms with Crippen LogP contribution in [0.1, 0.15) is 16.7 Å². The van der Waals surface area contributed by atoms with Gasteiger partial charge in [0, 0.05) is 31.5 Å². The van der Waals surface area contributed by atoms with Crippen LogP contribution in [0.4, 0.5) is 5.95 Å². The summed E-state index contributed by atoms with van der Waals surface area (Å²) in [4.78, 5) is 10.4. The number of aliphatic hydroxyl groups is 1. The number of nitrogens with zero attached hydrogens (tertiary/aromatic N) is 3. The fraction of sp³-hybridized carbons (Fsp3) is 0.286. The highest BCUT2D eigenvalue weighted by molar-refractivity contribution is 5.32. The van der Waals surface area contributed by atoms with Crippen molar-refractivity contribution in [1.82, 2.24) is 9.97 Å². The van der Waals surface area contributed by atoms with E-state index in [1.165, 1.54) is 11.1 Å². The van der Waals surface area contributed by atoms with Crippen LogP contribution in [0.5, 0.6) is 0 Å². The van der Waals surface area contributed by atoms with Crippen molar-refractivity contribution in [2.24, 2.45) is 0 Å². The van der Waals surface area contributed by atoms with Crippen LogP contribution in [-0.2, 0) is 13.2 Å². The molecule has 1 aromatic heterocycles. The molecule has 0 aliphatic rings. The molecule has 0 spiro atoms. The summed E-state index contributed by atoms with van der Waals surface area (Å²) in [6.07, 6.45) is 3.30. The monoisotopic (exact) mass is 243 g/mol. The zero-order valence-corrected chi connectivity index (χ0v) is 10.7. The zero-order chi connectivity index (χ0) is 13.0. The molecule has 4 heteroatoms. The smallest absolute Gasteiger partial charge is 0.225 e. The van der Waals surface area contributed by atoms with Crippen molar-refractivity contribution >= 4 is 5.95 Å². The first kappa shape index (κ1) is 12.5. The van der Waals surface area contributed by atoms with Gasteiger partial charge in [-0.05, 0) is 12.5 Å². The highest BCUT2D eigenvalue weighted by atomic mass is 16.3. The lowest BCUT2D eigenvalue weighted by Gasteiger charge is -2.17. The Hall–Kier alpha value is -1.94. The van der Waals surface area contributed by atoms with Crippen LogP contribution in [0.2, 0.25) is 0 Å². The van der Waals surface area contributed by atoms with Crippen LogP contribution in [0.15, 0.2) is 36.7 Å². The molecule has 1 aromatic carbocycles. The van der Waals surface area contributed by atoms with Crippen LogP contribution in [0.25, 0.3) is 0 Å². The molecule has 0 aliphatic carbocycles. The molecule has 0 fully saturated rings. The van der Waals surface area contributed by atoms with Gasteiger partial charge in [0.05, 0.1) is 6.61 Å². The SMILES string of the molecule is Cc1cccc(CN(C)c2ncc(CO)cn2)c1. The molecule has 1 N–H and O–H groups in total. The molecule has 0 unspecified atom stereocenters. The molecule has 0 saturated carbocycles. The van der Waals surface area contributed by atoms with E-state index in [0.29, 0.717) is 5.95 Å². The average Bonchev–Trinajstić information content (AvgIpc) is 2.39. The van der Waals surface area contributed by atoms with Crippen molar-refractivity contribution in [1.29, 1.82) is 0 Å². The van der Waals surface area contributed by atoms with Gasteiger partial charge in [-0.3, -0.25) is 0 Å². The number of aliphatic hydroxyl groups excluding tert-OH is 1. The Morgan fingerprint density at radius 3 is 2.50 bits per heavy atom. The third-order valence-electron chi connectivity index (χ3n) is 2.72. The quantitative estimate of drug-likeness (QED) is 0.891. The average molecular weight is 243 g/mol. The van der Waals surface area contributed by atoms with E-state index in [4.69, 9.17) is 5.11 Å². The predicted octanol–water partition coefficient (Wildman–Crippen LogP) is 1.91. The molecule has 0 bridgehead atoms. The van der Waals surface area contributed by atoms with Crippen molar-refractivity contribution in [2.45, 2.75) is 20.1 Å². The fourth-order valence-electron chi connectivity index (χ4n) is 1.78. The maximum Gasteiger partial charge on any atom is 0.225 e. The molecule has 94 valence electrons. The van der Waals surface area contributed by atoms with Gasteiger partial charge in [0.2, 0.25) is 5.95 Å². The second-order valence-electron chi connectivity index (χ2n) is 4.39. The normalized spacial score (nSPS) is 10.4. The molecule has 4 nitrogen and oxygen atoms in total. The van der Waals surface area contributed by atoms with Gasteiger partial charge in [-0.15, -0.1) is 0 Å². The molecule has 0 aliphatic heterocycles. The maximum absolute atomic E-state index is 8.94. The van der Waals surface area contributed by atoms with E-state index in [1.54, 1.807) is 12.4 Å². The van der Waals surface area contributed by atoms with Crippen molar-refractivity contribution in [3.8, 4) is 0 Å². The van der Waals surface area contributed by atoms with Crippen molar-refractivity contribution in [2.75, 3.05) is 11.9 Å². The number of anilines is 1. The van der Waals surface area contributed by atoms with E-state index in [2.05, 4.69) is 35.1 Å². The van der Waals surface area contributed by atoms with E-state index in [1.807, 2.05) is 18.0 Å². The lowest BCUT2D eigenvalue weighted by atomic mass is 10.1. The van der Waals surface area contributed by atoms with E-state index in [-0.39, 0.29) is 6.61 Å². The van der Waals surface area contributed by atoms with Gasteiger partial charge >= 0.3 is 0 Å². The lowest BCUT2D eigenvalue weighted by molar-refractivity contribution is 0.281. The topological polar surface area (TPSA) is 49.2 Å². The van der Waals surface area contributed by atoms with Crippen molar-refractivity contribution < 1.29 is 5.11 Å². The van der Waals surface area contributed by atoms with Gasteiger partial charge in [0.25, 0.3) is 0 Å². The van der Waals surface area contributed by atoms with Gasteiger partial charge in [-0.25, -0.2) is 9.97 Å². The van der Waals surface area contributed by atoms with Gasteiger partial charge in [-0.2, -0.15) is 0 Å². The number of hydrogen-bond acceptors (Lipinski definition) is 4. The first-order valence-electron chi connectivity index (χ1n) is 5.87. The standard InChI is InChI=1S/C14H17N3O/c1-11-4-3-5-12(6-11)9-17(2)14-15-7-13(10-18)8-16-14/h3-8,18H,9-10H2,1-2H3. The number of benzene rings is 1. The molecular weight excluding hydrogens is 226 g/mol. The molecule has 0 saturated heterocycles. The number of aromatic nitrogens is 2. The Kier molecular flexibility index (Phi) is 3.89. The summed E-state index contributed by atoms with van der Waals surface area (Å²) in [5, 5.41) is 8.94. The van der Waals surface area contributed by atoms with Gasteiger partial charge in [-0.1, -0.05) is 29.8 Å². The highest BCUT2D eigenvalue weighted by Gasteiger charge is 2.05. The molecule has 2 rings (SSSR count). The Bertz CT molecular complexity index is 511. The van der Waals surface area contributed by atoms with E-state index in [9.17, 15) is 0 Å². The minimum atomic E-state index is -0.0259. The summed E-state index contributed by atoms with van der Waals surface area (Å²) >= 11 is 0. The summed E-state index contributed by atoms with van der Waals surface area (Å²) in [6.45, 7) is 2.82. The second kappa shape index (κ2) is 5.60. The summed E-state index contributed by atoms with van der Waals surface area (Å²) in [5.41, 5.74) is 3.20. The van der Waals surface area contributed by atoms with Gasteiger partial charge < -0.3 is 10.0 Å². The van der Waals surface area contributed by atoms with Gasteiger partial charge in [0.1, 0.15) is 0 Å². The largest absolute Gasteiger partial charge is 0.392 e. The number of aryl methyl sites for hydroxylation is 1. The summed E-state index contributed by atoms with van der Waals surface area (Å²) in [7, 11) is 1.95. The molecule has 1 heterocycles. The first-order valence-corrected chi connectivity index (χ1v) is 5.87. The minimum Gasteiger partial charge on any atom is -0.392 e. The fourth-order valence-corrected chi connectivity index (χ4v) is 1.78. The molecule has 0 radical (unpaired) electrons. The summed E-state index contributed by atoms with van der Waals surface area (Å²) in [6, 6.07) is 8.37. The molecule has 0 amide bonds. The number of rotatable bonds is 4. The van der Waals surface area contributed by atoms with Crippen LogP contribution >= 0.6 is 0 Å². The van der Waals surface area contributed by atoms with Crippen LogP contribution in [0, 0.1) is 6.92 Å². The Labute approximate surface area is 107 Å². The summed E-state index contributed by atoms with van der Waals surface area (Å²) in [5.74, 6) is 0.661. The lowest BCUT2D eigenvalue weighted by Crippen LogP contribution is -2.19. The van der Waals surface area contributed by atoms with E-state index >= 15 is 0 Å². The Morgan fingerprint density at radius 1 is 1.17 bits per heavy atom. The Balaban J connectivity index is 2.09. The summed E-state index contributed by atoms with van der Waals surface area (Å²) < 4.78 is 0. The highest BCUT2D eigenvalue weighted by Crippen LogP contribution is 2.11. The van der Waals surface area contributed by atoms with Crippen LogP contribution in [0.3, 0.4) is 0 Å². The molecular formula is C14H17N3O. The van der Waals surface area contributed by atoms with Crippen LogP contribution in [-0.4, -0.2) is 22.1 Å². The third kappa shape index (κ3) is 3.05.